The largest absolute Gasteiger partial charge is 0.346 e. The lowest BCUT2D eigenvalue weighted by Crippen LogP contribution is -2.29. The molecule has 1 heterocycles. The molecule has 0 aromatic heterocycles. The van der Waals surface area contributed by atoms with Crippen LogP contribution >= 0.6 is 15.9 Å². The zero-order valence-corrected chi connectivity index (χ0v) is 16.6. The third kappa shape index (κ3) is 3.14. The summed E-state index contributed by atoms with van der Waals surface area (Å²) in [6.07, 6.45) is 0. The van der Waals surface area contributed by atoms with Crippen LogP contribution in [0.15, 0.2) is 51.8 Å². The number of amides is 2. The summed E-state index contributed by atoms with van der Waals surface area (Å²) in [5, 5.41) is 2.84. The highest BCUT2D eigenvalue weighted by molar-refractivity contribution is 9.10. The van der Waals surface area contributed by atoms with Crippen molar-refractivity contribution in [3.8, 4) is 0 Å². The highest BCUT2D eigenvalue weighted by Crippen LogP contribution is 2.31. The standard InChI is InChI=1S/C18H17BrN2O4S/c1-3-21-18(23)15-8-7-13(10-16(15)26(21,24)25)17(22)20-11(2)12-5-4-6-14(19)9-12/h4-11H,3H2,1-2H3,(H,20,22). The summed E-state index contributed by atoms with van der Waals surface area (Å²) in [5.74, 6) is -0.963. The molecule has 2 amide bonds. The zero-order valence-electron chi connectivity index (χ0n) is 14.2. The minimum Gasteiger partial charge on any atom is -0.346 e. The third-order valence-electron chi connectivity index (χ3n) is 4.25. The van der Waals surface area contributed by atoms with Gasteiger partial charge in [0.1, 0.15) is 4.90 Å². The van der Waals surface area contributed by atoms with E-state index >= 15 is 0 Å². The number of benzene rings is 2. The van der Waals surface area contributed by atoms with E-state index < -0.39 is 21.8 Å². The summed E-state index contributed by atoms with van der Waals surface area (Å²) in [6, 6.07) is 11.4. The third-order valence-corrected chi connectivity index (χ3v) is 6.64. The van der Waals surface area contributed by atoms with Crippen LogP contribution in [-0.4, -0.2) is 31.1 Å². The van der Waals surface area contributed by atoms with E-state index in [1.54, 1.807) is 6.92 Å². The van der Waals surface area contributed by atoms with Gasteiger partial charge in [-0.1, -0.05) is 28.1 Å². The van der Waals surface area contributed by atoms with Gasteiger partial charge in [0.05, 0.1) is 11.6 Å². The van der Waals surface area contributed by atoms with Crippen molar-refractivity contribution in [3.05, 3.63) is 63.6 Å². The molecule has 0 saturated heterocycles. The molecular formula is C18H17BrN2O4S. The summed E-state index contributed by atoms with van der Waals surface area (Å²) in [6.45, 7) is 3.48. The number of nitrogens with zero attached hydrogens (tertiary/aromatic N) is 1. The molecule has 2 aromatic rings. The predicted octanol–water partition coefficient (Wildman–Crippen LogP) is 3.10. The van der Waals surface area contributed by atoms with Gasteiger partial charge in [0.2, 0.25) is 0 Å². The van der Waals surface area contributed by atoms with E-state index in [1.807, 2.05) is 31.2 Å². The maximum absolute atomic E-state index is 12.5. The van der Waals surface area contributed by atoms with Crippen molar-refractivity contribution >= 4 is 37.8 Å². The Morgan fingerprint density at radius 2 is 1.96 bits per heavy atom. The second-order valence-electron chi connectivity index (χ2n) is 5.94. The topological polar surface area (TPSA) is 83.6 Å². The van der Waals surface area contributed by atoms with Gasteiger partial charge in [-0.3, -0.25) is 9.59 Å². The average Bonchev–Trinajstić information content (AvgIpc) is 2.80. The van der Waals surface area contributed by atoms with E-state index in [-0.39, 0.29) is 28.6 Å². The Balaban J connectivity index is 1.88. The van der Waals surface area contributed by atoms with E-state index in [2.05, 4.69) is 21.2 Å². The number of sulfonamides is 1. The van der Waals surface area contributed by atoms with E-state index in [0.29, 0.717) is 0 Å². The second-order valence-corrected chi connectivity index (χ2v) is 8.68. The summed E-state index contributed by atoms with van der Waals surface area (Å²) in [5.41, 5.74) is 1.21. The average molecular weight is 437 g/mol. The minimum absolute atomic E-state index is 0.0529. The molecule has 26 heavy (non-hydrogen) atoms. The van der Waals surface area contributed by atoms with E-state index in [4.69, 9.17) is 0 Å². The molecule has 3 rings (SSSR count). The van der Waals surface area contributed by atoms with Crippen molar-refractivity contribution in [1.29, 1.82) is 0 Å². The Bertz CT molecular complexity index is 1000. The van der Waals surface area contributed by atoms with Crippen LogP contribution in [-0.2, 0) is 10.0 Å². The molecule has 136 valence electrons. The van der Waals surface area contributed by atoms with Crippen molar-refractivity contribution in [3.63, 3.8) is 0 Å². The Morgan fingerprint density at radius 1 is 1.23 bits per heavy atom. The highest BCUT2D eigenvalue weighted by atomic mass is 79.9. The van der Waals surface area contributed by atoms with Crippen LogP contribution in [0.1, 0.15) is 46.2 Å². The molecular weight excluding hydrogens is 420 g/mol. The van der Waals surface area contributed by atoms with Crippen LogP contribution in [0.4, 0.5) is 0 Å². The van der Waals surface area contributed by atoms with Crippen LogP contribution in [0.3, 0.4) is 0 Å². The van der Waals surface area contributed by atoms with Gasteiger partial charge < -0.3 is 5.32 Å². The molecule has 0 aliphatic carbocycles. The number of hydrogen-bond acceptors (Lipinski definition) is 4. The Hall–Kier alpha value is -2.19. The number of fused-ring (bicyclic) bond motifs is 1. The van der Waals surface area contributed by atoms with Crippen LogP contribution in [0.5, 0.6) is 0 Å². The van der Waals surface area contributed by atoms with Crippen molar-refractivity contribution in [2.75, 3.05) is 6.54 Å². The minimum atomic E-state index is -3.89. The van der Waals surface area contributed by atoms with Crippen molar-refractivity contribution in [2.45, 2.75) is 24.8 Å². The van der Waals surface area contributed by atoms with Gasteiger partial charge in [-0.2, -0.15) is 0 Å². The van der Waals surface area contributed by atoms with E-state index in [9.17, 15) is 18.0 Å². The highest BCUT2D eigenvalue weighted by Gasteiger charge is 2.40. The van der Waals surface area contributed by atoms with Crippen molar-refractivity contribution in [1.82, 2.24) is 9.62 Å². The lowest BCUT2D eigenvalue weighted by Gasteiger charge is -2.15. The predicted molar refractivity (Wildman–Crippen MR) is 100 cm³/mol. The lowest BCUT2D eigenvalue weighted by molar-refractivity contribution is 0.0873. The number of hydrogen-bond donors (Lipinski definition) is 1. The van der Waals surface area contributed by atoms with Gasteiger partial charge in [-0.25, -0.2) is 12.7 Å². The summed E-state index contributed by atoms with van der Waals surface area (Å²) in [4.78, 5) is 24.6. The van der Waals surface area contributed by atoms with Crippen molar-refractivity contribution < 1.29 is 18.0 Å². The van der Waals surface area contributed by atoms with Gasteiger partial charge in [0.15, 0.2) is 0 Å². The number of halogens is 1. The molecule has 1 N–H and O–H groups in total. The summed E-state index contributed by atoms with van der Waals surface area (Å²) < 4.78 is 26.6. The molecule has 1 aliphatic heterocycles. The number of carbonyl (C=O) groups excluding carboxylic acids is 2. The monoisotopic (exact) mass is 436 g/mol. The molecule has 2 aromatic carbocycles. The Kier molecular flexibility index (Phi) is 4.90. The molecule has 8 heteroatoms. The summed E-state index contributed by atoms with van der Waals surface area (Å²) in [7, 11) is -3.89. The zero-order chi connectivity index (χ0) is 19.1. The molecule has 0 fully saturated rings. The van der Waals surface area contributed by atoms with Crippen molar-refractivity contribution in [2.24, 2.45) is 0 Å². The second kappa shape index (κ2) is 6.85. The van der Waals surface area contributed by atoms with E-state index in [0.717, 1.165) is 14.3 Å². The fraction of sp³-hybridized carbons (Fsp3) is 0.222. The molecule has 0 spiro atoms. The Labute approximate surface area is 160 Å². The maximum Gasteiger partial charge on any atom is 0.268 e. The Morgan fingerprint density at radius 3 is 2.62 bits per heavy atom. The van der Waals surface area contributed by atoms with Crippen LogP contribution in [0, 0.1) is 0 Å². The van der Waals surface area contributed by atoms with Gasteiger partial charge in [0.25, 0.3) is 21.8 Å². The first-order valence-corrected chi connectivity index (χ1v) is 10.3. The first kappa shape index (κ1) is 18.6. The summed E-state index contributed by atoms with van der Waals surface area (Å²) >= 11 is 3.39. The fourth-order valence-electron chi connectivity index (χ4n) is 2.87. The smallest absolute Gasteiger partial charge is 0.268 e. The molecule has 6 nitrogen and oxygen atoms in total. The normalized spacial score (nSPS) is 16.3. The first-order valence-electron chi connectivity index (χ1n) is 8.03. The molecule has 1 unspecified atom stereocenters. The van der Waals surface area contributed by atoms with Gasteiger partial charge in [-0.05, 0) is 49.7 Å². The van der Waals surface area contributed by atoms with Crippen LogP contribution < -0.4 is 5.32 Å². The van der Waals surface area contributed by atoms with Crippen LogP contribution in [0.25, 0.3) is 0 Å². The maximum atomic E-state index is 12.5. The first-order chi connectivity index (χ1) is 12.3. The van der Waals surface area contributed by atoms with E-state index in [1.165, 1.54) is 18.2 Å². The number of nitrogens with one attached hydrogen (secondary N) is 1. The molecule has 0 saturated carbocycles. The SMILES string of the molecule is CCN1C(=O)c2ccc(C(=O)NC(C)c3cccc(Br)c3)cc2S1(=O)=O. The molecule has 0 radical (unpaired) electrons. The molecule has 1 atom stereocenters. The fourth-order valence-corrected chi connectivity index (χ4v) is 4.89. The van der Waals surface area contributed by atoms with Gasteiger partial charge in [0, 0.05) is 16.6 Å². The van der Waals surface area contributed by atoms with Crippen LogP contribution in [0.2, 0.25) is 0 Å². The molecule has 1 aliphatic rings. The molecule has 0 bridgehead atoms. The number of rotatable bonds is 4. The lowest BCUT2D eigenvalue weighted by atomic mass is 10.1. The van der Waals surface area contributed by atoms with Gasteiger partial charge >= 0.3 is 0 Å². The number of carbonyl (C=O) groups is 2. The van der Waals surface area contributed by atoms with Gasteiger partial charge in [-0.15, -0.1) is 0 Å². The quantitative estimate of drug-likeness (QED) is 0.797.